The van der Waals surface area contributed by atoms with Crippen molar-refractivity contribution >= 4 is 15.9 Å². The Labute approximate surface area is 107 Å². The van der Waals surface area contributed by atoms with Crippen LogP contribution < -0.4 is 5.56 Å². The van der Waals surface area contributed by atoms with Gasteiger partial charge in [0.15, 0.2) is 0 Å². The van der Waals surface area contributed by atoms with E-state index in [1.165, 1.54) is 0 Å². The van der Waals surface area contributed by atoms with Gasteiger partial charge in [-0.15, -0.1) is 0 Å². The molecule has 0 saturated carbocycles. The number of halogens is 1. The topological polar surface area (TPSA) is 47.0 Å². The Morgan fingerprint density at radius 3 is 2.88 bits per heavy atom. The number of benzene rings is 1. The van der Waals surface area contributed by atoms with Gasteiger partial charge in [0.25, 0.3) is 5.56 Å². The molecule has 1 N–H and O–H groups in total. The molecule has 0 bridgehead atoms. The van der Waals surface area contributed by atoms with Crippen LogP contribution in [0.4, 0.5) is 0 Å². The van der Waals surface area contributed by atoms with E-state index in [1.807, 2.05) is 24.3 Å². The minimum atomic E-state index is -0.0483. The lowest BCUT2D eigenvalue weighted by molar-refractivity contribution is 0.181. The first-order chi connectivity index (χ1) is 8.20. The van der Waals surface area contributed by atoms with E-state index in [-0.39, 0.29) is 5.56 Å². The van der Waals surface area contributed by atoms with Crippen molar-refractivity contribution in [2.45, 2.75) is 13.2 Å². The smallest absolute Gasteiger partial charge is 0.267 e. The highest BCUT2D eigenvalue weighted by Crippen LogP contribution is 2.16. The van der Waals surface area contributed by atoms with Crippen LogP contribution in [0.2, 0.25) is 0 Å². The van der Waals surface area contributed by atoms with Crippen LogP contribution in [-0.4, -0.2) is 16.9 Å². The summed E-state index contributed by atoms with van der Waals surface area (Å²) in [5.74, 6) is 0. The Morgan fingerprint density at radius 1 is 1.41 bits per heavy atom. The molecule has 2 aromatic rings. The predicted molar refractivity (Wildman–Crippen MR) is 69.0 cm³/mol. The van der Waals surface area contributed by atoms with Gasteiger partial charge >= 0.3 is 0 Å². The second-order valence-corrected chi connectivity index (χ2v) is 4.58. The minimum Gasteiger partial charge on any atom is -0.378 e. The number of H-pyrrole nitrogens is 1. The van der Waals surface area contributed by atoms with Crippen molar-refractivity contribution in [2.75, 3.05) is 7.11 Å². The monoisotopic (exact) mass is 296 g/mol. The van der Waals surface area contributed by atoms with Crippen molar-refractivity contribution in [1.82, 2.24) is 9.78 Å². The van der Waals surface area contributed by atoms with E-state index in [4.69, 9.17) is 4.74 Å². The van der Waals surface area contributed by atoms with E-state index in [9.17, 15) is 4.79 Å². The van der Waals surface area contributed by atoms with Gasteiger partial charge in [0.05, 0.1) is 18.8 Å². The molecule has 0 atom stereocenters. The summed E-state index contributed by atoms with van der Waals surface area (Å²) >= 11 is 3.46. The Balaban J connectivity index is 2.24. The molecule has 0 spiro atoms. The number of aromatic amines is 1. The summed E-state index contributed by atoms with van der Waals surface area (Å²) in [6.07, 6.45) is 0. The molecule has 0 radical (unpaired) electrons. The first-order valence-electron chi connectivity index (χ1n) is 5.22. The van der Waals surface area contributed by atoms with Crippen molar-refractivity contribution in [1.29, 1.82) is 0 Å². The van der Waals surface area contributed by atoms with Crippen molar-refractivity contribution in [3.63, 3.8) is 0 Å². The van der Waals surface area contributed by atoms with Gasteiger partial charge in [-0.3, -0.25) is 9.89 Å². The first kappa shape index (κ1) is 12.1. The fraction of sp³-hybridized carbons (Fsp3) is 0.250. The molecular weight excluding hydrogens is 284 g/mol. The van der Waals surface area contributed by atoms with Crippen molar-refractivity contribution in [3.8, 4) is 0 Å². The average molecular weight is 297 g/mol. The molecule has 4 nitrogen and oxygen atoms in total. The number of methoxy groups -OCH3 is 1. The minimum absolute atomic E-state index is 0.0483. The molecule has 0 aliphatic rings. The van der Waals surface area contributed by atoms with Gasteiger partial charge in [-0.25, -0.2) is 4.68 Å². The van der Waals surface area contributed by atoms with E-state index < -0.39 is 0 Å². The number of nitrogens with zero attached hydrogens (tertiary/aromatic N) is 1. The molecule has 1 heterocycles. The summed E-state index contributed by atoms with van der Waals surface area (Å²) < 4.78 is 7.54. The highest BCUT2D eigenvalue weighted by Gasteiger charge is 2.05. The third-order valence-electron chi connectivity index (χ3n) is 2.43. The number of aromatic nitrogens is 2. The van der Waals surface area contributed by atoms with Crippen LogP contribution in [0.3, 0.4) is 0 Å². The number of ether oxygens (including phenoxy) is 1. The molecule has 90 valence electrons. The van der Waals surface area contributed by atoms with E-state index in [0.717, 1.165) is 15.7 Å². The van der Waals surface area contributed by atoms with Crippen LogP contribution in [0.1, 0.15) is 11.3 Å². The lowest BCUT2D eigenvalue weighted by Gasteiger charge is -2.04. The fourth-order valence-electron chi connectivity index (χ4n) is 1.63. The molecule has 0 aliphatic heterocycles. The molecular formula is C12H13BrN2O2. The lowest BCUT2D eigenvalue weighted by atomic mass is 10.2. The van der Waals surface area contributed by atoms with Gasteiger partial charge in [-0.1, -0.05) is 34.1 Å². The van der Waals surface area contributed by atoms with Crippen molar-refractivity contribution in [3.05, 3.63) is 56.4 Å². The van der Waals surface area contributed by atoms with Gasteiger partial charge in [-0.2, -0.15) is 0 Å². The van der Waals surface area contributed by atoms with Crippen LogP contribution >= 0.6 is 15.9 Å². The maximum Gasteiger partial charge on any atom is 0.267 e. The zero-order valence-corrected chi connectivity index (χ0v) is 11.0. The summed E-state index contributed by atoms with van der Waals surface area (Å²) in [5, 5.41) is 3.02. The standard InChI is InChI=1S/C12H13BrN2O2/c1-17-8-10-6-12(16)15(14-10)7-9-4-2-3-5-11(9)13/h2-6,14H,7-8H2,1H3. The van der Waals surface area contributed by atoms with E-state index >= 15 is 0 Å². The number of hydrogen-bond acceptors (Lipinski definition) is 2. The van der Waals surface area contributed by atoms with Crippen molar-refractivity contribution < 1.29 is 4.74 Å². The molecule has 1 aromatic carbocycles. The van der Waals surface area contributed by atoms with Crippen LogP contribution in [0.5, 0.6) is 0 Å². The Kier molecular flexibility index (Phi) is 3.81. The molecule has 5 heteroatoms. The summed E-state index contributed by atoms with van der Waals surface area (Å²) in [6.45, 7) is 0.933. The third kappa shape index (κ3) is 2.87. The molecule has 0 saturated heterocycles. The molecule has 0 unspecified atom stereocenters. The van der Waals surface area contributed by atoms with Gasteiger partial charge in [-0.05, 0) is 11.6 Å². The number of rotatable bonds is 4. The van der Waals surface area contributed by atoms with Crippen LogP contribution in [0.25, 0.3) is 0 Å². The second-order valence-electron chi connectivity index (χ2n) is 3.73. The van der Waals surface area contributed by atoms with E-state index in [0.29, 0.717) is 13.2 Å². The SMILES string of the molecule is COCc1cc(=O)n(Cc2ccccc2Br)[nH]1. The van der Waals surface area contributed by atoms with Crippen LogP contribution in [0.15, 0.2) is 39.6 Å². The maximum absolute atomic E-state index is 11.7. The fourth-order valence-corrected chi connectivity index (χ4v) is 2.04. The summed E-state index contributed by atoms with van der Waals surface area (Å²) in [4.78, 5) is 11.7. The molecule has 2 rings (SSSR count). The van der Waals surface area contributed by atoms with E-state index in [1.54, 1.807) is 17.9 Å². The number of nitrogens with one attached hydrogen (secondary N) is 1. The average Bonchev–Trinajstić information content (AvgIpc) is 2.63. The predicted octanol–water partition coefficient (Wildman–Crippen LogP) is 2.13. The summed E-state index contributed by atoms with van der Waals surface area (Å²) in [5.41, 5.74) is 1.79. The highest BCUT2D eigenvalue weighted by atomic mass is 79.9. The van der Waals surface area contributed by atoms with Crippen LogP contribution in [0, 0.1) is 0 Å². The zero-order valence-electron chi connectivity index (χ0n) is 9.44. The maximum atomic E-state index is 11.7. The Hall–Kier alpha value is -1.33. The Bertz CT molecular complexity index is 560. The highest BCUT2D eigenvalue weighted by molar-refractivity contribution is 9.10. The third-order valence-corrected chi connectivity index (χ3v) is 3.20. The largest absolute Gasteiger partial charge is 0.378 e. The lowest BCUT2D eigenvalue weighted by Crippen LogP contribution is -2.16. The second kappa shape index (κ2) is 5.33. The van der Waals surface area contributed by atoms with E-state index in [2.05, 4.69) is 21.0 Å². The number of hydrogen-bond donors (Lipinski definition) is 1. The summed E-state index contributed by atoms with van der Waals surface area (Å²) in [6, 6.07) is 9.39. The molecule has 17 heavy (non-hydrogen) atoms. The molecule has 0 fully saturated rings. The molecule has 0 aliphatic carbocycles. The Morgan fingerprint density at radius 2 is 2.18 bits per heavy atom. The molecule has 0 amide bonds. The van der Waals surface area contributed by atoms with Crippen molar-refractivity contribution in [2.24, 2.45) is 0 Å². The van der Waals surface area contributed by atoms with Gasteiger partial charge < -0.3 is 4.74 Å². The normalized spacial score (nSPS) is 10.7. The van der Waals surface area contributed by atoms with Gasteiger partial charge in [0.2, 0.25) is 0 Å². The molecule has 1 aromatic heterocycles. The van der Waals surface area contributed by atoms with Gasteiger partial charge in [0, 0.05) is 17.6 Å². The summed E-state index contributed by atoms with van der Waals surface area (Å²) in [7, 11) is 1.60. The van der Waals surface area contributed by atoms with Crippen LogP contribution in [-0.2, 0) is 17.9 Å². The first-order valence-corrected chi connectivity index (χ1v) is 6.01. The van der Waals surface area contributed by atoms with Gasteiger partial charge in [0.1, 0.15) is 0 Å². The zero-order chi connectivity index (χ0) is 12.3. The quantitative estimate of drug-likeness (QED) is 0.940.